The van der Waals surface area contributed by atoms with E-state index in [9.17, 15) is 0 Å². The molecule has 0 saturated carbocycles. The van der Waals surface area contributed by atoms with Crippen molar-refractivity contribution in [1.29, 1.82) is 0 Å². The Balaban J connectivity index is 1.87. The van der Waals surface area contributed by atoms with Gasteiger partial charge in [0.2, 0.25) is 0 Å². The summed E-state index contributed by atoms with van der Waals surface area (Å²) in [7, 11) is 0. The maximum atomic E-state index is 4.02. The number of piperidine rings is 1. The normalized spacial score (nSPS) is 19.8. The monoisotopic (exact) mass is 254 g/mol. The van der Waals surface area contributed by atoms with Gasteiger partial charge < -0.3 is 0 Å². The van der Waals surface area contributed by atoms with Crippen LogP contribution in [0.4, 0.5) is 0 Å². The zero-order chi connectivity index (χ0) is 9.80. The third kappa shape index (κ3) is 2.79. The van der Waals surface area contributed by atoms with E-state index in [4.69, 9.17) is 0 Å². The van der Waals surface area contributed by atoms with Crippen LogP contribution in [0.25, 0.3) is 0 Å². The van der Waals surface area contributed by atoms with Gasteiger partial charge >= 0.3 is 0 Å². The molecule has 1 fully saturated rings. The van der Waals surface area contributed by atoms with Crippen LogP contribution in [0.1, 0.15) is 18.4 Å². The van der Waals surface area contributed by atoms with E-state index < -0.39 is 0 Å². The molecule has 0 amide bonds. The van der Waals surface area contributed by atoms with Gasteiger partial charge in [-0.25, -0.2) is 0 Å². The number of hydrogen-bond donors (Lipinski definition) is 0. The molecule has 1 saturated heterocycles. The lowest BCUT2D eigenvalue weighted by atomic mass is 10.1. The minimum atomic E-state index is 0.733. The molecular weight excluding hydrogens is 240 g/mol. The lowest BCUT2D eigenvalue weighted by Gasteiger charge is -2.29. The summed E-state index contributed by atoms with van der Waals surface area (Å²) >= 11 is 3.66. The van der Waals surface area contributed by atoms with Crippen molar-refractivity contribution in [2.45, 2.75) is 24.2 Å². The summed E-state index contributed by atoms with van der Waals surface area (Å²) in [5.74, 6) is 0. The highest BCUT2D eigenvalue weighted by atomic mass is 79.9. The number of hydrogen-bond acceptors (Lipinski definition) is 2. The number of rotatable bonds is 2. The Labute approximate surface area is 93.5 Å². The van der Waals surface area contributed by atoms with Gasteiger partial charge in [0.1, 0.15) is 0 Å². The van der Waals surface area contributed by atoms with Crippen LogP contribution in [0.3, 0.4) is 0 Å². The van der Waals surface area contributed by atoms with Crippen molar-refractivity contribution in [3.8, 4) is 0 Å². The highest BCUT2D eigenvalue weighted by Gasteiger charge is 2.16. The van der Waals surface area contributed by atoms with Crippen molar-refractivity contribution in [2.24, 2.45) is 0 Å². The van der Waals surface area contributed by atoms with Crippen molar-refractivity contribution in [1.82, 2.24) is 9.88 Å². The van der Waals surface area contributed by atoms with Gasteiger partial charge in [0, 0.05) is 23.8 Å². The van der Waals surface area contributed by atoms with E-state index in [0.29, 0.717) is 0 Å². The number of halogens is 1. The zero-order valence-corrected chi connectivity index (χ0v) is 9.78. The number of likely N-dealkylation sites (tertiary alicyclic amines) is 1. The van der Waals surface area contributed by atoms with Crippen LogP contribution >= 0.6 is 15.9 Å². The van der Waals surface area contributed by atoms with Crippen LogP contribution in [0.15, 0.2) is 24.5 Å². The van der Waals surface area contributed by atoms with E-state index in [1.54, 1.807) is 0 Å². The van der Waals surface area contributed by atoms with Crippen LogP contribution in [0, 0.1) is 0 Å². The molecule has 1 aromatic heterocycles. The fourth-order valence-corrected chi connectivity index (χ4v) is 2.22. The fourth-order valence-electron chi connectivity index (χ4n) is 1.81. The summed E-state index contributed by atoms with van der Waals surface area (Å²) in [6.07, 6.45) is 6.27. The molecule has 3 heteroatoms. The van der Waals surface area contributed by atoms with E-state index in [2.05, 4.69) is 37.9 Å². The van der Waals surface area contributed by atoms with Gasteiger partial charge in [-0.1, -0.05) is 15.9 Å². The first-order chi connectivity index (χ1) is 6.84. The number of aromatic nitrogens is 1. The van der Waals surface area contributed by atoms with Crippen molar-refractivity contribution in [2.75, 3.05) is 13.1 Å². The first kappa shape index (κ1) is 10.1. The molecule has 2 heterocycles. The molecule has 0 bridgehead atoms. The minimum absolute atomic E-state index is 0.733. The topological polar surface area (TPSA) is 16.1 Å². The van der Waals surface area contributed by atoms with Gasteiger partial charge in [0.15, 0.2) is 0 Å². The molecule has 2 nitrogen and oxygen atoms in total. The van der Waals surface area contributed by atoms with Crippen molar-refractivity contribution >= 4 is 15.9 Å². The summed E-state index contributed by atoms with van der Waals surface area (Å²) in [6, 6.07) is 4.19. The summed E-state index contributed by atoms with van der Waals surface area (Å²) in [6.45, 7) is 3.48. The summed E-state index contributed by atoms with van der Waals surface area (Å²) in [5, 5.41) is 0. The summed E-state index contributed by atoms with van der Waals surface area (Å²) < 4.78 is 0. The molecule has 14 heavy (non-hydrogen) atoms. The maximum absolute atomic E-state index is 4.02. The van der Waals surface area contributed by atoms with Crippen LogP contribution < -0.4 is 0 Å². The second kappa shape index (κ2) is 4.89. The Bertz CT molecular complexity index is 268. The lowest BCUT2D eigenvalue weighted by molar-refractivity contribution is 0.226. The average Bonchev–Trinajstić information content (AvgIpc) is 2.23. The SMILES string of the molecule is BrC1CCN(Cc2ccncc2)CC1. The first-order valence-electron chi connectivity index (χ1n) is 5.10. The van der Waals surface area contributed by atoms with Crippen LogP contribution in [-0.4, -0.2) is 27.8 Å². The molecule has 0 unspecified atom stereocenters. The molecule has 0 N–H and O–H groups in total. The van der Waals surface area contributed by atoms with Gasteiger partial charge in [0.25, 0.3) is 0 Å². The molecule has 0 spiro atoms. The summed E-state index contributed by atoms with van der Waals surface area (Å²) in [5.41, 5.74) is 1.37. The molecule has 76 valence electrons. The standard InChI is InChI=1S/C11H15BrN2/c12-11-3-7-14(8-4-11)9-10-1-5-13-6-2-10/h1-2,5-6,11H,3-4,7-9H2. The molecule has 2 rings (SSSR count). The molecular formula is C11H15BrN2. The van der Waals surface area contributed by atoms with Gasteiger partial charge in [-0.05, 0) is 43.6 Å². The Morgan fingerprint density at radius 1 is 1.29 bits per heavy atom. The highest BCUT2D eigenvalue weighted by Crippen LogP contribution is 2.18. The third-order valence-electron chi connectivity index (χ3n) is 2.67. The van der Waals surface area contributed by atoms with E-state index >= 15 is 0 Å². The number of nitrogens with zero attached hydrogens (tertiary/aromatic N) is 2. The molecule has 0 atom stereocenters. The smallest absolute Gasteiger partial charge is 0.0271 e. The largest absolute Gasteiger partial charge is 0.299 e. The zero-order valence-electron chi connectivity index (χ0n) is 8.19. The predicted molar refractivity (Wildman–Crippen MR) is 61.5 cm³/mol. The van der Waals surface area contributed by atoms with Gasteiger partial charge in [0.05, 0.1) is 0 Å². The van der Waals surface area contributed by atoms with Crippen molar-refractivity contribution < 1.29 is 0 Å². The van der Waals surface area contributed by atoms with Crippen molar-refractivity contribution in [3.63, 3.8) is 0 Å². The molecule has 0 aromatic carbocycles. The molecule has 0 aliphatic carbocycles. The molecule has 1 aliphatic rings. The Morgan fingerprint density at radius 3 is 2.57 bits per heavy atom. The number of alkyl halides is 1. The average molecular weight is 255 g/mol. The van der Waals surface area contributed by atoms with Gasteiger partial charge in [-0.15, -0.1) is 0 Å². The Morgan fingerprint density at radius 2 is 1.93 bits per heavy atom. The predicted octanol–water partition coefficient (Wildman–Crippen LogP) is 2.44. The van der Waals surface area contributed by atoms with E-state index in [-0.39, 0.29) is 0 Å². The van der Waals surface area contributed by atoms with Gasteiger partial charge in [-0.3, -0.25) is 9.88 Å². The third-order valence-corrected chi connectivity index (χ3v) is 3.59. The van der Waals surface area contributed by atoms with Crippen molar-refractivity contribution in [3.05, 3.63) is 30.1 Å². The first-order valence-corrected chi connectivity index (χ1v) is 6.01. The second-order valence-corrected chi connectivity index (χ2v) is 5.10. The van der Waals surface area contributed by atoms with Crippen LogP contribution in [0.2, 0.25) is 0 Å². The molecule has 1 aliphatic heterocycles. The Kier molecular flexibility index (Phi) is 3.54. The van der Waals surface area contributed by atoms with E-state index in [1.165, 1.54) is 31.5 Å². The van der Waals surface area contributed by atoms with Gasteiger partial charge in [-0.2, -0.15) is 0 Å². The van der Waals surface area contributed by atoms with Crippen LogP contribution in [-0.2, 0) is 6.54 Å². The van der Waals surface area contributed by atoms with Crippen LogP contribution in [0.5, 0.6) is 0 Å². The lowest BCUT2D eigenvalue weighted by Crippen LogP contribution is -2.33. The molecule has 0 radical (unpaired) electrons. The maximum Gasteiger partial charge on any atom is 0.0271 e. The molecule has 1 aromatic rings. The number of pyridine rings is 1. The quantitative estimate of drug-likeness (QED) is 0.754. The summed E-state index contributed by atoms with van der Waals surface area (Å²) in [4.78, 5) is 7.26. The highest BCUT2D eigenvalue weighted by molar-refractivity contribution is 9.09. The van der Waals surface area contributed by atoms with E-state index in [1.807, 2.05) is 12.4 Å². The van der Waals surface area contributed by atoms with E-state index in [0.717, 1.165) is 11.4 Å². The minimum Gasteiger partial charge on any atom is -0.299 e. The Hall–Kier alpha value is -0.410. The fraction of sp³-hybridized carbons (Fsp3) is 0.545. The second-order valence-electron chi connectivity index (χ2n) is 3.81.